The number of Topliss-reactive ketones (excluding diaryl/α,β-unsaturated/α-hetero) is 1. The molecule has 0 aromatic carbocycles. The van der Waals surface area contributed by atoms with Gasteiger partial charge in [-0.2, -0.15) is 0 Å². The van der Waals surface area contributed by atoms with Gasteiger partial charge in [0, 0.05) is 12.8 Å². The number of rotatable bonds is 3. The van der Waals surface area contributed by atoms with Crippen LogP contribution >= 0.6 is 0 Å². The highest BCUT2D eigenvalue weighted by Gasteiger charge is 2.13. The molecule has 0 aromatic rings. The zero-order valence-electron chi connectivity index (χ0n) is 7.23. The Kier molecular flexibility index (Phi) is 3.34. The standard InChI is InChI=1S/C10H16O/c1-2-3-4-5-9-6-7-10(11)8-9/h5H,2-4,6-8H2,1H3/b9-5-. The van der Waals surface area contributed by atoms with Crippen molar-refractivity contribution in [2.75, 3.05) is 0 Å². The maximum absolute atomic E-state index is 10.8. The van der Waals surface area contributed by atoms with Crippen LogP contribution in [0.4, 0.5) is 0 Å². The molecule has 1 heteroatoms. The van der Waals surface area contributed by atoms with E-state index in [1.807, 2.05) is 0 Å². The third-order valence-electron chi connectivity index (χ3n) is 2.14. The molecule has 0 radical (unpaired) electrons. The predicted molar refractivity (Wildman–Crippen MR) is 46.5 cm³/mol. The Morgan fingerprint density at radius 3 is 2.82 bits per heavy atom. The van der Waals surface area contributed by atoms with Gasteiger partial charge in [-0.05, 0) is 12.8 Å². The molecule has 0 heterocycles. The van der Waals surface area contributed by atoms with Crippen molar-refractivity contribution < 1.29 is 4.79 Å². The highest BCUT2D eigenvalue weighted by Crippen LogP contribution is 2.21. The Bertz CT molecular complexity index is 168. The van der Waals surface area contributed by atoms with Gasteiger partial charge in [0.25, 0.3) is 0 Å². The Morgan fingerprint density at radius 2 is 2.27 bits per heavy atom. The zero-order chi connectivity index (χ0) is 8.10. The van der Waals surface area contributed by atoms with Crippen molar-refractivity contribution >= 4 is 5.78 Å². The molecule has 62 valence electrons. The van der Waals surface area contributed by atoms with Gasteiger partial charge >= 0.3 is 0 Å². The lowest BCUT2D eigenvalue weighted by atomic mass is 10.1. The summed E-state index contributed by atoms with van der Waals surface area (Å²) in [6, 6.07) is 0. The van der Waals surface area contributed by atoms with E-state index in [-0.39, 0.29) is 0 Å². The predicted octanol–water partition coefficient (Wildman–Crippen LogP) is 2.86. The van der Waals surface area contributed by atoms with Gasteiger partial charge in [0.2, 0.25) is 0 Å². The quantitative estimate of drug-likeness (QED) is 0.449. The van der Waals surface area contributed by atoms with Crippen molar-refractivity contribution in [2.24, 2.45) is 0 Å². The van der Waals surface area contributed by atoms with Gasteiger partial charge in [-0.1, -0.05) is 31.4 Å². The molecule has 0 saturated heterocycles. The number of carbonyl (C=O) groups is 1. The third kappa shape index (κ3) is 2.87. The van der Waals surface area contributed by atoms with Gasteiger partial charge in [-0.3, -0.25) is 4.79 Å². The van der Waals surface area contributed by atoms with Gasteiger partial charge in [0.1, 0.15) is 5.78 Å². The van der Waals surface area contributed by atoms with E-state index in [4.69, 9.17) is 0 Å². The largest absolute Gasteiger partial charge is 0.299 e. The molecule has 1 fully saturated rings. The SMILES string of the molecule is CCCC/C=C1/CCC(=O)C1. The summed E-state index contributed by atoms with van der Waals surface area (Å²) in [5.41, 5.74) is 1.38. The lowest BCUT2D eigenvalue weighted by Gasteiger charge is -1.93. The van der Waals surface area contributed by atoms with Crippen LogP contribution < -0.4 is 0 Å². The maximum Gasteiger partial charge on any atom is 0.137 e. The van der Waals surface area contributed by atoms with E-state index >= 15 is 0 Å². The number of unbranched alkanes of at least 4 members (excludes halogenated alkanes) is 2. The smallest absolute Gasteiger partial charge is 0.137 e. The molecule has 1 saturated carbocycles. The fourth-order valence-corrected chi connectivity index (χ4v) is 1.41. The molecule has 1 nitrogen and oxygen atoms in total. The first-order valence-corrected chi connectivity index (χ1v) is 4.52. The number of ketones is 1. The molecule has 0 spiro atoms. The molecule has 11 heavy (non-hydrogen) atoms. The van der Waals surface area contributed by atoms with Crippen molar-refractivity contribution in [3.63, 3.8) is 0 Å². The Labute approximate surface area is 68.5 Å². The van der Waals surface area contributed by atoms with Crippen molar-refractivity contribution in [3.8, 4) is 0 Å². The molecule has 0 atom stereocenters. The second-order valence-corrected chi connectivity index (χ2v) is 3.22. The van der Waals surface area contributed by atoms with E-state index in [1.165, 1.54) is 24.8 Å². The van der Waals surface area contributed by atoms with E-state index in [0.717, 1.165) is 19.3 Å². The summed E-state index contributed by atoms with van der Waals surface area (Å²) in [5.74, 6) is 0.424. The fourth-order valence-electron chi connectivity index (χ4n) is 1.41. The number of hydrogen-bond acceptors (Lipinski definition) is 1. The summed E-state index contributed by atoms with van der Waals surface area (Å²) in [6.45, 7) is 2.19. The van der Waals surface area contributed by atoms with E-state index in [9.17, 15) is 4.79 Å². The van der Waals surface area contributed by atoms with Gasteiger partial charge < -0.3 is 0 Å². The molecule has 0 aliphatic heterocycles. The maximum atomic E-state index is 10.8. The van der Waals surface area contributed by atoms with E-state index < -0.39 is 0 Å². The molecule has 0 N–H and O–H groups in total. The molecule has 0 amide bonds. The van der Waals surface area contributed by atoms with Crippen LogP contribution in [-0.4, -0.2) is 5.78 Å². The number of hydrogen-bond donors (Lipinski definition) is 0. The molecular formula is C10H16O. The second kappa shape index (κ2) is 4.32. The van der Waals surface area contributed by atoms with Crippen LogP contribution in [0, 0.1) is 0 Å². The molecule has 0 aromatic heterocycles. The summed E-state index contributed by atoms with van der Waals surface area (Å²) in [7, 11) is 0. The lowest BCUT2D eigenvalue weighted by molar-refractivity contribution is -0.117. The minimum Gasteiger partial charge on any atom is -0.299 e. The summed E-state index contributed by atoms with van der Waals surface area (Å²) in [4.78, 5) is 10.8. The summed E-state index contributed by atoms with van der Waals surface area (Å²) >= 11 is 0. The number of carbonyl (C=O) groups excluding carboxylic acids is 1. The van der Waals surface area contributed by atoms with Crippen molar-refractivity contribution in [3.05, 3.63) is 11.6 Å². The minimum atomic E-state index is 0.424. The average molecular weight is 152 g/mol. The van der Waals surface area contributed by atoms with E-state index in [0.29, 0.717) is 5.78 Å². The molecule has 0 bridgehead atoms. The first-order valence-electron chi connectivity index (χ1n) is 4.52. The Balaban J connectivity index is 2.25. The topological polar surface area (TPSA) is 17.1 Å². The zero-order valence-corrected chi connectivity index (χ0v) is 7.23. The highest BCUT2D eigenvalue weighted by atomic mass is 16.1. The van der Waals surface area contributed by atoms with Crippen molar-refractivity contribution in [1.29, 1.82) is 0 Å². The molecular weight excluding hydrogens is 136 g/mol. The Morgan fingerprint density at radius 1 is 1.45 bits per heavy atom. The monoisotopic (exact) mass is 152 g/mol. The second-order valence-electron chi connectivity index (χ2n) is 3.22. The average Bonchev–Trinajstić information content (AvgIpc) is 2.37. The van der Waals surface area contributed by atoms with Crippen LogP contribution in [0.1, 0.15) is 45.4 Å². The summed E-state index contributed by atoms with van der Waals surface area (Å²) in [6.07, 6.45) is 8.49. The fraction of sp³-hybridized carbons (Fsp3) is 0.700. The van der Waals surface area contributed by atoms with Crippen molar-refractivity contribution in [2.45, 2.75) is 45.4 Å². The van der Waals surface area contributed by atoms with Gasteiger partial charge in [-0.15, -0.1) is 0 Å². The third-order valence-corrected chi connectivity index (χ3v) is 2.14. The van der Waals surface area contributed by atoms with E-state index in [2.05, 4.69) is 13.0 Å². The molecule has 1 aliphatic carbocycles. The summed E-state index contributed by atoms with van der Waals surface area (Å²) < 4.78 is 0. The lowest BCUT2D eigenvalue weighted by Crippen LogP contribution is -1.83. The van der Waals surface area contributed by atoms with E-state index in [1.54, 1.807) is 0 Å². The van der Waals surface area contributed by atoms with Crippen LogP contribution in [0.5, 0.6) is 0 Å². The first kappa shape index (κ1) is 8.51. The van der Waals surface area contributed by atoms with Gasteiger partial charge in [0.05, 0.1) is 0 Å². The van der Waals surface area contributed by atoms with Crippen LogP contribution in [0.2, 0.25) is 0 Å². The molecule has 1 rings (SSSR count). The van der Waals surface area contributed by atoms with Crippen LogP contribution in [-0.2, 0) is 4.79 Å². The number of allylic oxidation sites excluding steroid dienone is 2. The highest BCUT2D eigenvalue weighted by molar-refractivity contribution is 5.84. The molecule has 1 aliphatic rings. The Hall–Kier alpha value is -0.590. The van der Waals surface area contributed by atoms with Crippen LogP contribution in [0.25, 0.3) is 0 Å². The van der Waals surface area contributed by atoms with Crippen LogP contribution in [0.15, 0.2) is 11.6 Å². The van der Waals surface area contributed by atoms with Crippen molar-refractivity contribution in [1.82, 2.24) is 0 Å². The first-order chi connectivity index (χ1) is 5.33. The van der Waals surface area contributed by atoms with Gasteiger partial charge in [-0.25, -0.2) is 0 Å². The molecule has 0 unspecified atom stereocenters. The normalized spacial score (nSPS) is 21.5. The minimum absolute atomic E-state index is 0.424. The van der Waals surface area contributed by atoms with Gasteiger partial charge in [0.15, 0.2) is 0 Å². The van der Waals surface area contributed by atoms with Crippen LogP contribution in [0.3, 0.4) is 0 Å². The summed E-state index contributed by atoms with van der Waals surface area (Å²) in [5, 5.41) is 0.